The van der Waals surface area contributed by atoms with Crippen molar-refractivity contribution in [2.45, 2.75) is 52.4 Å². The van der Waals surface area contributed by atoms with Gasteiger partial charge in [-0.2, -0.15) is 0 Å². The van der Waals surface area contributed by atoms with Crippen molar-refractivity contribution in [1.82, 2.24) is 0 Å². The van der Waals surface area contributed by atoms with Crippen molar-refractivity contribution in [3.05, 3.63) is 0 Å². The molecule has 0 aliphatic rings. The second kappa shape index (κ2) is 6.43. The molecule has 15 heavy (non-hydrogen) atoms. The normalized spacial score (nSPS) is 11.3. The van der Waals surface area contributed by atoms with Gasteiger partial charge in [0.15, 0.2) is 0 Å². The summed E-state index contributed by atoms with van der Waals surface area (Å²) < 4.78 is 0. The molecule has 2 amide bonds. The minimum atomic E-state index is -0.349. The highest BCUT2D eigenvalue weighted by Crippen LogP contribution is 2.36. The van der Waals surface area contributed by atoms with Crippen molar-refractivity contribution in [1.29, 1.82) is 0 Å². The fraction of sp³-hybridized carbons (Fsp3) is 0.818. The van der Waals surface area contributed by atoms with Gasteiger partial charge >= 0.3 is 0 Å². The highest BCUT2D eigenvalue weighted by Gasteiger charge is 2.32. The van der Waals surface area contributed by atoms with E-state index in [4.69, 9.17) is 11.5 Å². The van der Waals surface area contributed by atoms with Crippen molar-refractivity contribution in [2.75, 3.05) is 0 Å². The molecule has 0 heterocycles. The molecule has 0 aromatic heterocycles. The van der Waals surface area contributed by atoms with E-state index in [9.17, 15) is 9.59 Å². The first-order valence-corrected chi connectivity index (χ1v) is 5.52. The second-order valence-corrected chi connectivity index (χ2v) is 4.29. The van der Waals surface area contributed by atoms with Gasteiger partial charge in [0, 0.05) is 12.8 Å². The van der Waals surface area contributed by atoms with Gasteiger partial charge in [-0.15, -0.1) is 0 Å². The number of carbonyl (C=O) groups is 2. The van der Waals surface area contributed by atoms with Crippen molar-refractivity contribution in [2.24, 2.45) is 16.9 Å². The van der Waals surface area contributed by atoms with Gasteiger partial charge in [0.25, 0.3) is 0 Å². The minimum absolute atomic E-state index is 0.262. The van der Waals surface area contributed by atoms with Gasteiger partial charge in [-0.3, -0.25) is 9.59 Å². The van der Waals surface area contributed by atoms with Crippen LogP contribution in [0.1, 0.15) is 52.4 Å². The molecule has 0 bridgehead atoms. The molecular formula is C11H22N2O2. The SMILES string of the molecule is CCCC(CCC)(CC(N)=O)CC(N)=O. The van der Waals surface area contributed by atoms with E-state index >= 15 is 0 Å². The molecule has 0 aliphatic heterocycles. The summed E-state index contributed by atoms with van der Waals surface area (Å²) in [6.45, 7) is 4.07. The van der Waals surface area contributed by atoms with Crippen LogP contribution < -0.4 is 11.5 Å². The van der Waals surface area contributed by atoms with E-state index in [-0.39, 0.29) is 30.1 Å². The van der Waals surface area contributed by atoms with Gasteiger partial charge < -0.3 is 11.5 Å². The highest BCUT2D eigenvalue weighted by molar-refractivity contribution is 5.78. The molecule has 0 atom stereocenters. The summed E-state index contributed by atoms with van der Waals surface area (Å²) >= 11 is 0. The zero-order valence-electron chi connectivity index (χ0n) is 9.71. The van der Waals surface area contributed by atoms with Crippen molar-refractivity contribution < 1.29 is 9.59 Å². The summed E-state index contributed by atoms with van der Waals surface area (Å²) in [4.78, 5) is 22.0. The Kier molecular flexibility index (Phi) is 5.97. The third-order valence-electron chi connectivity index (χ3n) is 2.66. The molecule has 4 nitrogen and oxygen atoms in total. The Labute approximate surface area is 91.4 Å². The molecule has 4 heteroatoms. The predicted octanol–water partition coefficient (Wildman–Crippen LogP) is 1.32. The number of amides is 2. The molecule has 0 unspecified atom stereocenters. The summed E-state index contributed by atoms with van der Waals surface area (Å²) in [6.07, 6.45) is 4.04. The van der Waals surface area contributed by atoms with Crippen LogP contribution in [0.25, 0.3) is 0 Å². The van der Waals surface area contributed by atoms with Gasteiger partial charge in [-0.05, 0) is 18.3 Å². The fourth-order valence-electron chi connectivity index (χ4n) is 2.34. The van der Waals surface area contributed by atoms with Crippen molar-refractivity contribution >= 4 is 11.8 Å². The van der Waals surface area contributed by atoms with E-state index in [0.717, 1.165) is 25.7 Å². The van der Waals surface area contributed by atoms with Crippen LogP contribution in [0.5, 0.6) is 0 Å². The first-order chi connectivity index (χ1) is 6.95. The summed E-state index contributed by atoms with van der Waals surface area (Å²) in [5.74, 6) is -0.698. The van der Waals surface area contributed by atoms with E-state index in [1.54, 1.807) is 0 Å². The Balaban J connectivity index is 4.69. The predicted molar refractivity (Wildman–Crippen MR) is 59.9 cm³/mol. The van der Waals surface area contributed by atoms with Crippen LogP contribution in [-0.2, 0) is 9.59 Å². The maximum absolute atomic E-state index is 11.0. The lowest BCUT2D eigenvalue weighted by atomic mass is 9.73. The molecule has 0 saturated heterocycles. The molecule has 0 aliphatic carbocycles. The molecule has 4 N–H and O–H groups in total. The lowest BCUT2D eigenvalue weighted by Crippen LogP contribution is -2.32. The Morgan fingerprint density at radius 2 is 1.27 bits per heavy atom. The third-order valence-corrected chi connectivity index (χ3v) is 2.66. The zero-order chi connectivity index (χ0) is 11.9. The number of hydrogen-bond donors (Lipinski definition) is 2. The quantitative estimate of drug-likeness (QED) is 0.638. The Bertz CT molecular complexity index is 203. The molecule has 0 saturated carbocycles. The number of hydrogen-bond acceptors (Lipinski definition) is 2. The molecule has 88 valence electrons. The molecule has 0 radical (unpaired) electrons. The van der Waals surface area contributed by atoms with Crippen LogP contribution in [0, 0.1) is 5.41 Å². The standard InChI is InChI=1S/C11H22N2O2/c1-3-5-11(6-4-2,7-9(12)14)8-10(13)15/h3-8H2,1-2H3,(H2,12,14)(H2,13,15). The van der Waals surface area contributed by atoms with E-state index in [2.05, 4.69) is 0 Å². The summed E-state index contributed by atoms with van der Waals surface area (Å²) in [5.41, 5.74) is 10.1. The van der Waals surface area contributed by atoms with E-state index in [0.29, 0.717) is 0 Å². The smallest absolute Gasteiger partial charge is 0.217 e. The van der Waals surface area contributed by atoms with Gasteiger partial charge in [-0.1, -0.05) is 26.7 Å². The summed E-state index contributed by atoms with van der Waals surface area (Å²) in [7, 11) is 0. The van der Waals surface area contributed by atoms with Gasteiger partial charge in [0.1, 0.15) is 0 Å². The molecule has 0 rings (SSSR count). The third kappa shape index (κ3) is 5.40. The molecule has 0 aromatic carbocycles. The maximum Gasteiger partial charge on any atom is 0.217 e. The highest BCUT2D eigenvalue weighted by atomic mass is 16.1. The van der Waals surface area contributed by atoms with Crippen molar-refractivity contribution in [3.8, 4) is 0 Å². The lowest BCUT2D eigenvalue weighted by Gasteiger charge is -2.31. The minimum Gasteiger partial charge on any atom is -0.370 e. The molecule has 0 aromatic rings. The van der Waals surface area contributed by atoms with Gasteiger partial charge in [0.2, 0.25) is 11.8 Å². The zero-order valence-corrected chi connectivity index (χ0v) is 9.71. The van der Waals surface area contributed by atoms with Crippen LogP contribution in [0.4, 0.5) is 0 Å². The van der Waals surface area contributed by atoms with Crippen molar-refractivity contribution in [3.63, 3.8) is 0 Å². The number of rotatable bonds is 8. The number of primary amides is 2. The van der Waals surface area contributed by atoms with Gasteiger partial charge in [-0.25, -0.2) is 0 Å². The Morgan fingerprint density at radius 1 is 0.933 bits per heavy atom. The second-order valence-electron chi connectivity index (χ2n) is 4.29. The van der Waals surface area contributed by atoms with Gasteiger partial charge in [0.05, 0.1) is 0 Å². The Hall–Kier alpha value is -1.06. The van der Waals surface area contributed by atoms with E-state index < -0.39 is 0 Å². The summed E-state index contributed by atoms with van der Waals surface area (Å²) in [5, 5.41) is 0. The van der Waals surface area contributed by atoms with Crippen LogP contribution in [-0.4, -0.2) is 11.8 Å². The molecular weight excluding hydrogens is 192 g/mol. The maximum atomic E-state index is 11.0. The topological polar surface area (TPSA) is 86.2 Å². The van der Waals surface area contributed by atoms with Crippen LogP contribution in [0.15, 0.2) is 0 Å². The van der Waals surface area contributed by atoms with Crippen LogP contribution in [0.2, 0.25) is 0 Å². The van der Waals surface area contributed by atoms with E-state index in [1.165, 1.54) is 0 Å². The average molecular weight is 214 g/mol. The monoisotopic (exact) mass is 214 g/mol. The number of carbonyl (C=O) groups excluding carboxylic acids is 2. The fourth-order valence-corrected chi connectivity index (χ4v) is 2.34. The van der Waals surface area contributed by atoms with Crippen LogP contribution in [0.3, 0.4) is 0 Å². The van der Waals surface area contributed by atoms with Crippen LogP contribution >= 0.6 is 0 Å². The van der Waals surface area contributed by atoms with E-state index in [1.807, 2.05) is 13.8 Å². The summed E-state index contributed by atoms with van der Waals surface area (Å²) in [6, 6.07) is 0. The molecule has 0 spiro atoms. The molecule has 0 fully saturated rings. The average Bonchev–Trinajstić information content (AvgIpc) is 2.01. The number of nitrogens with two attached hydrogens (primary N) is 2. The largest absolute Gasteiger partial charge is 0.370 e. The first-order valence-electron chi connectivity index (χ1n) is 5.52. The first kappa shape index (κ1) is 13.9. The Morgan fingerprint density at radius 3 is 1.47 bits per heavy atom. The lowest BCUT2D eigenvalue weighted by molar-refractivity contribution is -0.124.